The number of rotatable bonds is 3. The fourth-order valence-corrected chi connectivity index (χ4v) is 2.74. The van der Waals surface area contributed by atoms with Crippen molar-refractivity contribution in [1.82, 2.24) is 19.2 Å². The number of fused-ring (bicyclic) bond motifs is 1. The van der Waals surface area contributed by atoms with Crippen molar-refractivity contribution in [3.63, 3.8) is 0 Å². The first-order valence-electron chi connectivity index (χ1n) is 7.68. The zero-order chi connectivity index (χ0) is 17.4. The number of benzene rings is 1. The minimum atomic E-state index is -0.372. The number of hydrogen-bond donors (Lipinski definition) is 1. The number of halogens is 1. The van der Waals surface area contributed by atoms with Gasteiger partial charge in [-0.2, -0.15) is 5.10 Å². The number of amides is 1. The van der Waals surface area contributed by atoms with Gasteiger partial charge in [-0.3, -0.25) is 4.79 Å². The number of carbonyl (C=O) groups excluding carboxylic acids is 1. The molecule has 3 aromatic heterocycles. The van der Waals surface area contributed by atoms with Crippen LogP contribution in [0, 0.1) is 12.7 Å². The van der Waals surface area contributed by atoms with Crippen LogP contribution >= 0.6 is 0 Å². The number of aromatic nitrogens is 4. The molecule has 0 bridgehead atoms. The first-order valence-corrected chi connectivity index (χ1v) is 7.68. The molecular weight excluding hydrogens is 321 g/mol. The molecule has 0 saturated heterocycles. The molecule has 0 aliphatic heterocycles. The summed E-state index contributed by atoms with van der Waals surface area (Å²) in [5.74, 6) is -0.709. The summed E-state index contributed by atoms with van der Waals surface area (Å²) in [6.07, 6.45) is 6.82. The maximum atomic E-state index is 14.1. The summed E-state index contributed by atoms with van der Waals surface area (Å²) < 4.78 is 17.3. The van der Waals surface area contributed by atoms with Gasteiger partial charge >= 0.3 is 0 Å². The van der Waals surface area contributed by atoms with E-state index in [9.17, 15) is 9.18 Å². The summed E-state index contributed by atoms with van der Waals surface area (Å²) in [6, 6.07) is 9.78. The molecule has 4 rings (SSSR count). The zero-order valence-corrected chi connectivity index (χ0v) is 13.3. The Kier molecular flexibility index (Phi) is 3.53. The molecule has 124 valence electrons. The summed E-state index contributed by atoms with van der Waals surface area (Å²) in [7, 11) is 0. The predicted octanol–water partition coefficient (Wildman–Crippen LogP) is 3.22. The van der Waals surface area contributed by atoms with Gasteiger partial charge in [0.05, 0.1) is 11.4 Å². The summed E-state index contributed by atoms with van der Waals surface area (Å²) in [6.45, 7) is 1.75. The molecule has 0 aliphatic carbocycles. The monoisotopic (exact) mass is 335 g/mol. The van der Waals surface area contributed by atoms with Crippen molar-refractivity contribution >= 4 is 17.2 Å². The second-order valence-electron chi connectivity index (χ2n) is 5.56. The van der Waals surface area contributed by atoms with Gasteiger partial charge in [0, 0.05) is 30.5 Å². The normalized spacial score (nSPS) is 11.0. The minimum Gasteiger partial charge on any atom is -0.322 e. The van der Waals surface area contributed by atoms with Gasteiger partial charge in [0.15, 0.2) is 5.65 Å². The third kappa shape index (κ3) is 2.65. The Morgan fingerprint density at radius 2 is 1.96 bits per heavy atom. The Morgan fingerprint density at radius 1 is 1.16 bits per heavy atom. The van der Waals surface area contributed by atoms with E-state index in [1.54, 1.807) is 65.1 Å². The van der Waals surface area contributed by atoms with Gasteiger partial charge in [0.2, 0.25) is 0 Å². The van der Waals surface area contributed by atoms with Gasteiger partial charge in [-0.05, 0) is 43.3 Å². The fourth-order valence-electron chi connectivity index (χ4n) is 2.74. The zero-order valence-electron chi connectivity index (χ0n) is 13.3. The molecule has 1 N–H and O–H groups in total. The quantitative estimate of drug-likeness (QED) is 0.625. The van der Waals surface area contributed by atoms with E-state index in [0.29, 0.717) is 28.3 Å². The van der Waals surface area contributed by atoms with Crippen molar-refractivity contribution in [2.24, 2.45) is 0 Å². The van der Waals surface area contributed by atoms with Gasteiger partial charge in [0.1, 0.15) is 11.4 Å². The van der Waals surface area contributed by atoms with E-state index in [0.717, 1.165) is 0 Å². The molecule has 25 heavy (non-hydrogen) atoms. The maximum absolute atomic E-state index is 14.1. The van der Waals surface area contributed by atoms with E-state index in [1.165, 1.54) is 12.1 Å². The van der Waals surface area contributed by atoms with Gasteiger partial charge < -0.3 is 9.88 Å². The van der Waals surface area contributed by atoms with Gasteiger partial charge in [-0.15, -0.1) is 0 Å². The third-order valence-corrected chi connectivity index (χ3v) is 3.88. The summed E-state index contributed by atoms with van der Waals surface area (Å²) in [5.41, 5.74) is 2.30. The number of carbonyl (C=O) groups is 1. The van der Waals surface area contributed by atoms with Crippen molar-refractivity contribution in [3.8, 4) is 5.69 Å². The number of nitrogens with zero attached hydrogens (tertiary/aromatic N) is 4. The molecule has 3 heterocycles. The Balaban J connectivity index is 1.69. The molecule has 1 aromatic carbocycles. The summed E-state index contributed by atoms with van der Waals surface area (Å²) >= 11 is 0. The van der Waals surface area contributed by atoms with Gasteiger partial charge in [-0.25, -0.2) is 13.9 Å². The summed E-state index contributed by atoms with van der Waals surface area (Å²) in [4.78, 5) is 16.9. The van der Waals surface area contributed by atoms with Crippen molar-refractivity contribution in [3.05, 3.63) is 78.3 Å². The van der Waals surface area contributed by atoms with E-state index >= 15 is 0 Å². The first-order chi connectivity index (χ1) is 12.1. The topological polar surface area (TPSA) is 64.2 Å². The average Bonchev–Trinajstić information content (AvgIpc) is 3.23. The van der Waals surface area contributed by atoms with Crippen LogP contribution in [0.15, 0.2) is 61.2 Å². The molecule has 1 amide bonds. The maximum Gasteiger partial charge on any atom is 0.261 e. The Labute approximate surface area is 142 Å². The highest BCUT2D eigenvalue weighted by Crippen LogP contribution is 2.21. The lowest BCUT2D eigenvalue weighted by molar-refractivity contribution is 0.102. The SMILES string of the molecule is Cc1nn2cccnc2c1C(=O)Nc1ccc(F)c(-n2cccc2)c1. The molecule has 6 nitrogen and oxygen atoms in total. The van der Waals surface area contributed by atoms with Crippen LogP contribution in [0.3, 0.4) is 0 Å². The molecule has 0 radical (unpaired) electrons. The Morgan fingerprint density at radius 3 is 2.76 bits per heavy atom. The van der Waals surface area contributed by atoms with Crippen LogP contribution in [0.25, 0.3) is 11.3 Å². The van der Waals surface area contributed by atoms with Crippen LogP contribution in [0.4, 0.5) is 10.1 Å². The predicted molar refractivity (Wildman–Crippen MR) is 91.4 cm³/mol. The van der Waals surface area contributed by atoms with E-state index in [1.807, 2.05) is 0 Å². The molecule has 0 fully saturated rings. The van der Waals surface area contributed by atoms with Crippen molar-refractivity contribution < 1.29 is 9.18 Å². The van der Waals surface area contributed by atoms with Gasteiger partial charge in [0.25, 0.3) is 5.91 Å². The molecular formula is C18H14FN5O. The fraction of sp³-hybridized carbons (Fsp3) is 0.0556. The third-order valence-electron chi connectivity index (χ3n) is 3.88. The summed E-state index contributed by atoms with van der Waals surface area (Å²) in [5, 5.41) is 7.07. The lowest BCUT2D eigenvalue weighted by Gasteiger charge is -2.09. The largest absolute Gasteiger partial charge is 0.322 e. The minimum absolute atomic E-state index is 0.337. The molecule has 0 saturated carbocycles. The number of hydrogen-bond acceptors (Lipinski definition) is 3. The van der Waals surface area contributed by atoms with Gasteiger partial charge in [-0.1, -0.05) is 0 Å². The van der Waals surface area contributed by atoms with E-state index in [-0.39, 0.29) is 11.7 Å². The lowest BCUT2D eigenvalue weighted by atomic mass is 10.2. The lowest BCUT2D eigenvalue weighted by Crippen LogP contribution is -2.13. The number of aryl methyl sites for hydroxylation is 1. The highest BCUT2D eigenvalue weighted by Gasteiger charge is 2.18. The molecule has 0 unspecified atom stereocenters. The Bertz CT molecular complexity index is 1070. The van der Waals surface area contributed by atoms with Crippen LogP contribution in [-0.2, 0) is 0 Å². The number of nitrogens with one attached hydrogen (secondary N) is 1. The van der Waals surface area contributed by atoms with Crippen LogP contribution in [0.1, 0.15) is 16.1 Å². The van der Waals surface area contributed by atoms with Crippen LogP contribution < -0.4 is 5.32 Å². The molecule has 4 aromatic rings. The first kappa shape index (κ1) is 15.1. The Hall–Kier alpha value is -3.48. The second kappa shape index (κ2) is 5.86. The molecule has 0 spiro atoms. The van der Waals surface area contributed by atoms with Crippen molar-refractivity contribution in [2.75, 3.05) is 5.32 Å². The van der Waals surface area contributed by atoms with Crippen LogP contribution in [0.2, 0.25) is 0 Å². The average molecular weight is 335 g/mol. The van der Waals surface area contributed by atoms with E-state index in [2.05, 4.69) is 15.4 Å². The van der Waals surface area contributed by atoms with Crippen molar-refractivity contribution in [2.45, 2.75) is 6.92 Å². The number of anilines is 1. The highest BCUT2D eigenvalue weighted by atomic mass is 19.1. The molecule has 7 heteroatoms. The second-order valence-corrected chi connectivity index (χ2v) is 5.56. The standard InChI is InChI=1S/C18H14FN5O/c1-12-16(17-20-7-4-10-24(17)22-12)18(25)21-13-5-6-14(19)15(11-13)23-8-2-3-9-23/h2-11H,1H3,(H,21,25). The van der Waals surface area contributed by atoms with Crippen LogP contribution in [0.5, 0.6) is 0 Å². The molecule has 0 atom stereocenters. The van der Waals surface area contributed by atoms with E-state index in [4.69, 9.17) is 0 Å². The van der Waals surface area contributed by atoms with Crippen LogP contribution in [-0.4, -0.2) is 25.1 Å². The van der Waals surface area contributed by atoms with E-state index < -0.39 is 0 Å². The smallest absolute Gasteiger partial charge is 0.261 e. The molecule has 0 aliphatic rings. The van der Waals surface area contributed by atoms with Crippen molar-refractivity contribution in [1.29, 1.82) is 0 Å². The highest BCUT2D eigenvalue weighted by molar-refractivity contribution is 6.09.